The molecule has 0 aliphatic heterocycles. The molecule has 2 N–H and O–H groups in total. The van der Waals surface area contributed by atoms with Crippen LogP contribution in [-0.2, 0) is 12.8 Å². The van der Waals surface area contributed by atoms with Gasteiger partial charge in [-0.3, -0.25) is 0 Å². The highest BCUT2D eigenvalue weighted by Gasteiger charge is 2.09. The molecule has 2 nitrogen and oxygen atoms in total. The first-order valence-corrected chi connectivity index (χ1v) is 7.74. The Labute approximate surface area is 127 Å². The Morgan fingerprint density at radius 2 is 1.76 bits per heavy atom. The van der Waals surface area contributed by atoms with Gasteiger partial charge in [0.15, 0.2) is 0 Å². The SMILES string of the molecule is CCc1ccc(Oc2ccc(C)cc2CC(N)CC)cc1. The minimum Gasteiger partial charge on any atom is -0.457 e. The minimum atomic E-state index is 0.177. The first kappa shape index (κ1) is 15.6. The third-order valence-electron chi connectivity index (χ3n) is 3.78. The molecule has 2 aromatic rings. The van der Waals surface area contributed by atoms with Crippen LogP contribution in [0.15, 0.2) is 42.5 Å². The van der Waals surface area contributed by atoms with E-state index in [0.717, 1.165) is 30.8 Å². The van der Waals surface area contributed by atoms with Gasteiger partial charge in [-0.2, -0.15) is 0 Å². The smallest absolute Gasteiger partial charge is 0.130 e. The van der Waals surface area contributed by atoms with Crippen molar-refractivity contribution in [3.05, 3.63) is 59.2 Å². The Morgan fingerprint density at radius 3 is 2.38 bits per heavy atom. The van der Waals surface area contributed by atoms with Crippen molar-refractivity contribution in [2.24, 2.45) is 5.73 Å². The maximum atomic E-state index is 6.10. The molecule has 0 aliphatic carbocycles. The number of ether oxygens (including phenoxy) is 1. The number of nitrogens with two attached hydrogens (primary N) is 1. The summed E-state index contributed by atoms with van der Waals surface area (Å²) in [5.74, 6) is 1.79. The van der Waals surface area contributed by atoms with Crippen LogP contribution in [0.4, 0.5) is 0 Å². The Bertz CT molecular complexity index is 575. The highest BCUT2D eigenvalue weighted by atomic mass is 16.5. The monoisotopic (exact) mass is 283 g/mol. The predicted octanol–water partition coefficient (Wildman–Crippen LogP) is 4.63. The minimum absolute atomic E-state index is 0.177. The largest absolute Gasteiger partial charge is 0.457 e. The molecule has 0 saturated carbocycles. The van der Waals surface area contributed by atoms with Gasteiger partial charge in [-0.05, 0) is 55.5 Å². The second-order valence-corrected chi connectivity index (χ2v) is 5.58. The lowest BCUT2D eigenvalue weighted by molar-refractivity contribution is 0.471. The van der Waals surface area contributed by atoms with Crippen LogP contribution in [0.1, 0.15) is 37.0 Å². The normalized spacial score (nSPS) is 12.2. The third-order valence-corrected chi connectivity index (χ3v) is 3.78. The van der Waals surface area contributed by atoms with Gasteiger partial charge in [0.05, 0.1) is 0 Å². The summed E-state index contributed by atoms with van der Waals surface area (Å²) < 4.78 is 6.05. The molecular weight excluding hydrogens is 258 g/mol. The zero-order valence-corrected chi connectivity index (χ0v) is 13.2. The lowest BCUT2D eigenvalue weighted by Crippen LogP contribution is -2.21. The molecule has 2 rings (SSSR count). The zero-order valence-electron chi connectivity index (χ0n) is 13.2. The molecule has 2 aromatic carbocycles. The van der Waals surface area contributed by atoms with E-state index in [1.165, 1.54) is 16.7 Å². The second-order valence-electron chi connectivity index (χ2n) is 5.58. The van der Waals surface area contributed by atoms with Crippen LogP contribution >= 0.6 is 0 Å². The summed E-state index contributed by atoms with van der Waals surface area (Å²) in [5, 5.41) is 0. The van der Waals surface area contributed by atoms with Gasteiger partial charge in [0.1, 0.15) is 11.5 Å². The molecule has 0 aromatic heterocycles. The Morgan fingerprint density at radius 1 is 1.05 bits per heavy atom. The van der Waals surface area contributed by atoms with Gasteiger partial charge in [0.25, 0.3) is 0 Å². The van der Waals surface area contributed by atoms with Crippen LogP contribution in [0, 0.1) is 6.92 Å². The van der Waals surface area contributed by atoms with Crippen molar-refractivity contribution in [2.75, 3.05) is 0 Å². The summed E-state index contributed by atoms with van der Waals surface area (Å²) in [7, 11) is 0. The average molecular weight is 283 g/mol. The van der Waals surface area contributed by atoms with Crippen molar-refractivity contribution in [3.63, 3.8) is 0 Å². The maximum absolute atomic E-state index is 6.10. The third kappa shape index (κ3) is 4.33. The molecule has 0 fully saturated rings. The van der Waals surface area contributed by atoms with Crippen molar-refractivity contribution in [2.45, 2.75) is 46.1 Å². The Kier molecular flexibility index (Phi) is 5.40. The summed E-state index contributed by atoms with van der Waals surface area (Å²) in [4.78, 5) is 0. The predicted molar refractivity (Wildman–Crippen MR) is 89.0 cm³/mol. The maximum Gasteiger partial charge on any atom is 0.130 e. The molecule has 0 amide bonds. The lowest BCUT2D eigenvalue weighted by Gasteiger charge is -2.15. The highest BCUT2D eigenvalue weighted by molar-refractivity contribution is 5.41. The fraction of sp³-hybridized carbons (Fsp3) is 0.368. The molecule has 0 heterocycles. The van der Waals surface area contributed by atoms with Crippen LogP contribution in [0.5, 0.6) is 11.5 Å². The van der Waals surface area contributed by atoms with Crippen molar-refractivity contribution >= 4 is 0 Å². The summed E-state index contributed by atoms with van der Waals surface area (Å²) in [6, 6.07) is 14.8. The van der Waals surface area contributed by atoms with E-state index in [0.29, 0.717) is 0 Å². The van der Waals surface area contributed by atoms with E-state index in [2.05, 4.69) is 45.0 Å². The molecule has 0 bridgehead atoms. The molecule has 0 aliphatic rings. The van der Waals surface area contributed by atoms with Crippen molar-refractivity contribution in [3.8, 4) is 11.5 Å². The van der Waals surface area contributed by atoms with E-state index in [-0.39, 0.29) is 6.04 Å². The fourth-order valence-corrected chi connectivity index (χ4v) is 2.31. The van der Waals surface area contributed by atoms with Gasteiger partial charge in [-0.1, -0.05) is 43.7 Å². The molecule has 112 valence electrons. The van der Waals surface area contributed by atoms with Gasteiger partial charge in [0.2, 0.25) is 0 Å². The van der Waals surface area contributed by atoms with Crippen LogP contribution < -0.4 is 10.5 Å². The highest BCUT2D eigenvalue weighted by Crippen LogP contribution is 2.27. The topological polar surface area (TPSA) is 35.2 Å². The molecule has 1 unspecified atom stereocenters. The molecule has 0 saturated heterocycles. The van der Waals surface area contributed by atoms with Gasteiger partial charge < -0.3 is 10.5 Å². The molecule has 21 heavy (non-hydrogen) atoms. The van der Waals surface area contributed by atoms with E-state index in [9.17, 15) is 0 Å². The van der Waals surface area contributed by atoms with Crippen LogP contribution in [-0.4, -0.2) is 6.04 Å². The molecule has 2 heteroatoms. The zero-order chi connectivity index (χ0) is 15.2. The van der Waals surface area contributed by atoms with Gasteiger partial charge in [-0.15, -0.1) is 0 Å². The van der Waals surface area contributed by atoms with Gasteiger partial charge in [-0.25, -0.2) is 0 Å². The van der Waals surface area contributed by atoms with E-state index in [1.54, 1.807) is 0 Å². The lowest BCUT2D eigenvalue weighted by atomic mass is 10.0. The average Bonchev–Trinajstić information content (AvgIpc) is 2.50. The van der Waals surface area contributed by atoms with Crippen LogP contribution in [0.25, 0.3) is 0 Å². The summed E-state index contributed by atoms with van der Waals surface area (Å²) in [6.07, 6.45) is 2.86. The Balaban J connectivity index is 2.21. The quantitative estimate of drug-likeness (QED) is 0.839. The number of hydrogen-bond donors (Lipinski definition) is 1. The first-order valence-electron chi connectivity index (χ1n) is 7.74. The molecular formula is C19H25NO. The van der Waals surface area contributed by atoms with Gasteiger partial charge in [0, 0.05) is 6.04 Å². The standard InChI is InChI=1S/C19H25NO/c1-4-15-7-9-18(10-8-15)21-19-11-6-14(3)12-16(19)13-17(20)5-2/h6-12,17H,4-5,13,20H2,1-3H3. The van der Waals surface area contributed by atoms with Crippen molar-refractivity contribution in [1.29, 1.82) is 0 Å². The first-order chi connectivity index (χ1) is 10.1. The number of rotatable bonds is 6. The van der Waals surface area contributed by atoms with Gasteiger partial charge >= 0.3 is 0 Å². The second kappa shape index (κ2) is 7.28. The fourth-order valence-electron chi connectivity index (χ4n) is 2.31. The van der Waals surface area contributed by atoms with E-state index < -0.39 is 0 Å². The van der Waals surface area contributed by atoms with Crippen LogP contribution in [0.2, 0.25) is 0 Å². The van der Waals surface area contributed by atoms with Crippen molar-refractivity contribution in [1.82, 2.24) is 0 Å². The summed E-state index contributed by atoms with van der Waals surface area (Å²) in [5.41, 5.74) is 9.84. The van der Waals surface area contributed by atoms with E-state index in [1.807, 2.05) is 18.2 Å². The summed E-state index contributed by atoms with van der Waals surface area (Å²) >= 11 is 0. The number of hydrogen-bond acceptors (Lipinski definition) is 2. The molecule has 0 radical (unpaired) electrons. The van der Waals surface area contributed by atoms with Crippen molar-refractivity contribution < 1.29 is 4.74 Å². The van der Waals surface area contributed by atoms with E-state index >= 15 is 0 Å². The van der Waals surface area contributed by atoms with Crippen LogP contribution in [0.3, 0.4) is 0 Å². The van der Waals surface area contributed by atoms with E-state index in [4.69, 9.17) is 10.5 Å². The molecule has 0 spiro atoms. The number of benzene rings is 2. The molecule has 1 atom stereocenters. The number of aryl methyl sites for hydroxylation is 2. The Hall–Kier alpha value is -1.80. The summed E-state index contributed by atoms with van der Waals surface area (Å²) in [6.45, 7) is 6.37.